The van der Waals surface area contributed by atoms with E-state index in [1.165, 1.54) is 6.33 Å². The van der Waals surface area contributed by atoms with Crippen molar-refractivity contribution >= 4 is 6.03 Å². The number of nitrogens with one attached hydrogen (secondary N) is 2. The zero-order valence-electron chi connectivity index (χ0n) is 12.6. The van der Waals surface area contributed by atoms with Crippen LogP contribution in [0.25, 0.3) is 0 Å². The summed E-state index contributed by atoms with van der Waals surface area (Å²) in [5.74, 6) is 2.21. The molecule has 1 aliphatic heterocycles. The van der Waals surface area contributed by atoms with E-state index in [-0.39, 0.29) is 12.1 Å². The monoisotopic (exact) mass is 305 g/mol. The zero-order chi connectivity index (χ0) is 15.5. The highest BCUT2D eigenvalue weighted by molar-refractivity contribution is 5.74. The third-order valence-corrected chi connectivity index (χ3v) is 3.86. The van der Waals surface area contributed by atoms with Crippen LogP contribution in [0, 0.1) is 6.92 Å². The van der Waals surface area contributed by atoms with E-state index in [0.717, 1.165) is 18.7 Å². The molecule has 0 radical (unpaired) electrons. The highest BCUT2D eigenvalue weighted by Gasteiger charge is 2.26. The van der Waals surface area contributed by atoms with Crippen LogP contribution < -0.4 is 5.32 Å². The number of likely N-dealkylation sites (tertiary alicyclic amines) is 1. The third kappa shape index (κ3) is 3.07. The number of carbonyl (C=O) groups is 1. The first-order chi connectivity index (χ1) is 10.6. The molecule has 1 atom stereocenters. The summed E-state index contributed by atoms with van der Waals surface area (Å²) in [6, 6.07) is -0.417. The molecule has 118 valence electrons. The largest absolute Gasteiger partial charge is 0.337 e. The van der Waals surface area contributed by atoms with Crippen molar-refractivity contribution < 1.29 is 9.32 Å². The number of aryl methyl sites for hydroxylation is 1. The summed E-state index contributed by atoms with van der Waals surface area (Å²) in [5.41, 5.74) is 0. The molecule has 0 spiro atoms. The van der Waals surface area contributed by atoms with Crippen LogP contribution in [0.15, 0.2) is 10.9 Å². The van der Waals surface area contributed by atoms with Gasteiger partial charge >= 0.3 is 6.03 Å². The topological polar surface area (TPSA) is 113 Å². The van der Waals surface area contributed by atoms with E-state index in [9.17, 15) is 4.79 Å². The standard InChI is InChI=1S/C13H19N7O2/c1-8(12-17-9(2)19-22-12)16-13(21)20-5-3-10(4-6-20)11-14-7-15-18-11/h7-8,10H,3-6H2,1-2H3,(H,16,21)(H,14,15,18)/t8-/m0/s1. The van der Waals surface area contributed by atoms with Gasteiger partial charge in [-0.15, -0.1) is 0 Å². The summed E-state index contributed by atoms with van der Waals surface area (Å²) in [6.07, 6.45) is 3.26. The van der Waals surface area contributed by atoms with Gasteiger partial charge in [-0.05, 0) is 26.7 Å². The molecule has 2 N–H and O–H groups in total. The molecule has 2 aromatic rings. The minimum Gasteiger partial charge on any atom is -0.337 e. The second kappa shape index (κ2) is 6.12. The fraction of sp³-hybridized carbons (Fsp3) is 0.615. The van der Waals surface area contributed by atoms with Crippen LogP contribution in [-0.2, 0) is 0 Å². The maximum atomic E-state index is 12.3. The van der Waals surface area contributed by atoms with E-state index in [2.05, 4.69) is 30.6 Å². The van der Waals surface area contributed by atoms with E-state index in [1.807, 2.05) is 6.92 Å². The fourth-order valence-corrected chi connectivity index (χ4v) is 2.59. The molecule has 9 heteroatoms. The Hall–Kier alpha value is -2.45. The summed E-state index contributed by atoms with van der Waals surface area (Å²) in [5, 5.41) is 13.4. The predicted molar refractivity (Wildman–Crippen MR) is 75.9 cm³/mol. The SMILES string of the molecule is Cc1noc([C@H](C)NC(=O)N2CCC(c3ncn[nH]3)CC2)n1. The maximum absolute atomic E-state index is 12.3. The molecule has 2 aromatic heterocycles. The number of aromatic nitrogens is 5. The minimum atomic E-state index is -0.305. The number of rotatable bonds is 3. The van der Waals surface area contributed by atoms with Gasteiger partial charge in [0, 0.05) is 19.0 Å². The van der Waals surface area contributed by atoms with Crippen molar-refractivity contribution in [2.45, 2.75) is 38.6 Å². The van der Waals surface area contributed by atoms with Gasteiger partial charge in [0.2, 0.25) is 5.89 Å². The molecule has 0 unspecified atom stereocenters. The van der Waals surface area contributed by atoms with Gasteiger partial charge in [0.25, 0.3) is 0 Å². The van der Waals surface area contributed by atoms with E-state index >= 15 is 0 Å². The van der Waals surface area contributed by atoms with Crippen LogP contribution in [0.2, 0.25) is 0 Å². The van der Waals surface area contributed by atoms with Crippen LogP contribution in [0.5, 0.6) is 0 Å². The number of amides is 2. The Morgan fingerprint density at radius 3 is 2.86 bits per heavy atom. The number of H-pyrrole nitrogens is 1. The predicted octanol–water partition coefficient (Wildman–Crippen LogP) is 1.15. The molecule has 22 heavy (non-hydrogen) atoms. The zero-order valence-corrected chi connectivity index (χ0v) is 12.6. The minimum absolute atomic E-state index is 0.112. The number of urea groups is 1. The second-order valence-electron chi connectivity index (χ2n) is 5.48. The number of piperidine rings is 1. The average molecular weight is 305 g/mol. The number of aromatic amines is 1. The molecule has 0 aromatic carbocycles. The molecule has 1 saturated heterocycles. The van der Waals surface area contributed by atoms with Crippen LogP contribution in [0.3, 0.4) is 0 Å². The molecule has 0 bridgehead atoms. The van der Waals surface area contributed by atoms with Crippen molar-refractivity contribution in [1.29, 1.82) is 0 Å². The van der Waals surface area contributed by atoms with Crippen LogP contribution >= 0.6 is 0 Å². The highest BCUT2D eigenvalue weighted by atomic mass is 16.5. The van der Waals surface area contributed by atoms with Gasteiger partial charge < -0.3 is 14.7 Å². The first kappa shape index (κ1) is 14.5. The van der Waals surface area contributed by atoms with Crippen molar-refractivity contribution in [3.8, 4) is 0 Å². The van der Waals surface area contributed by atoms with Gasteiger partial charge in [-0.3, -0.25) is 5.10 Å². The van der Waals surface area contributed by atoms with E-state index in [4.69, 9.17) is 4.52 Å². The van der Waals surface area contributed by atoms with Crippen molar-refractivity contribution in [2.75, 3.05) is 13.1 Å². The van der Waals surface area contributed by atoms with Gasteiger partial charge in [0.15, 0.2) is 5.82 Å². The summed E-state index contributed by atoms with van der Waals surface area (Å²) in [4.78, 5) is 22.4. The van der Waals surface area contributed by atoms with Crippen molar-refractivity contribution in [1.82, 2.24) is 35.5 Å². The highest BCUT2D eigenvalue weighted by Crippen LogP contribution is 2.25. The molecular weight excluding hydrogens is 286 g/mol. The molecule has 3 rings (SSSR count). The van der Waals surface area contributed by atoms with Crippen LogP contribution in [-0.4, -0.2) is 49.3 Å². The number of carbonyl (C=O) groups excluding carboxylic acids is 1. The molecular formula is C13H19N7O2. The maximum Gasteiger partial charge on any atom is 0.318 e. The summed E-state index contributed by atoms with van der Waals surface area (Å²) in [7, 11) is 0. The van der Waals surface area contributed by atoms with Crippen molar-refractivity contribution in [3.63, 3.8) is 0 Å². The van der Waals surface area contributed by atoms with Gasteiger partial charge in [-0.2, -0.15) is 10.1 Å². The van der Waals surface area contributed by atoms with Gasteiger partial charge in [-0.25, -0.2) is 9.78 Å². The third-order valence-electron chi connectivity index (χ3n) is 3.86. The number of hydrogen-bond donors (Lipinski definition) is 2. The Bertz CT molecular complexity index is 616. The lowest BCUT2D eigenvalue weighted by atomic mass is 9.96. The van der Waals surface area contributed by atoms with E-state index in [0.29, 0.717) is 30.7 Å². The molecule has 2 amide bonds. The first-order valence-electron chi connectivity index (χ1n) is 7.34. The smallest absolute Gasteiger partial charge is 0.318 e. The van der Waals surface area contributed by atoms with Crippen molar-refractivity contribution in [3.05, 3.63) is 23.9 Å². The Balaban J connectivity index is 1.51. The Labute approximate surface area is 127 Å². The Kier molecular flexibility index (Phi) is 4.03. The van der Waals surface area contributed by atoms with Crippen LogP contribution in [0.1, 0.15) is 49.3 Å². The summed E-state index contributed by atoms with van der Waals surface area (Å²) in [6.45, 7) is 4.95. The number of nitrogens with zero attached hydrogens (tertiary/aromatic N) is 5. The Morgan fingerprint density at radius 1 is 1.50 bits per heavy atom. The molecule has 3 heterocycles. The average Bonchev–Trinajstić information content (AvgIpc) is 3.18. The summed E-state index contributed by atoms with van der Waals surface area (Å²) >= 11 is 0. The van der Waals surface area contributed by atoms with Gasteiger partial charge in [0.1, 0.15) is 18.2 Å². The van der Waals surface area contributed by atoms with Gasteiger partial charge in [-0.1, -0.05) is 5.16 Å². The second-order valence-corrected chi connectivity index (χ2v) is 5.48. The molecule has 9 nitrogen and oxygen atoms in total. The quantitative estimate of drug-likeness (QED) is 0.879. The molecule has 1 aliphatic rings. The summed E-state index contributed by atoms with van der Waals surface area (Å²) < 4.78 is 5.07. The first-order valence-corrected chi connectivity index (χ1v) is 7.34. The fourth-order valence-electron chi connectivity index (χ4n) is 2.59. The van der Waals surface area contributed by atoms with E-state index in [1.54, 1.807) is 11.8 Å². The lowest BCUT2D eigenvalue weighted by molar-refractivity contribution is 0.175. The lowest BCUT2D eigenvalue weighted by Gasteiger charge is -2.31. The normalized spacial score (nSPS) is 17.5. The van der Waals surface area contributed by atoms with Gasteiger partial charge in [0.05, 0.1) is 0 Å². The molecule has 1 fully saturated rings. The van der Waals surface area contributed by atoms with Crippen molar-refractivity contribution in [2.24, 2.45) is 0 Å². The van der Waals surface area contributed by atoms with Crippen LogP contribution in [0.4, 0.5) is 4.79 Å². The lowest BCUT2D eigenvalue weighted by Crippen LogP contribution is -2.45. The number of hydrogen-bond acceptors (Lipinski definition) is 6. The Morgan fingerprint density at radius 2 is 2.27 bits per heavy atom. The molecule has 0 saturated carbocycles. The van der Waals surface area contributed by atoms with E-state index < -0.39 is 0 Å². The molecule has 0 aliphatic carbocycles.